The first-order valence-electron chi connectivity index (χ1n) is 7.76. The number of alkyl halides is 3. The molecule has 3 aromatic rings. The first-order valence-corrected chi connectivity index (χ1v) is 8.58. The Balaban J connectivity index is 1.67. The molecule has 2 heterocycles. The van der Waals surface area contributed by atoms with Crippen molar-refractivity contribution in [2.45, 2.75) is 6.18 Å². The van der Waals surface area contributed by atoms with Crippen LogP contribution in [0.25, 0.3) is 10.6 Å². The molecule has 1 amide bonds. The Labute approximate surface area is 155 Å². The Morgan fingerprint density at radius 1 is 1.07 bits per heavy atom. The summed E-state index contributed by atoms with van der Waals surface area (Å²) in [6, 6.07) is 13.0. The van der Waals surface area contributed by atoms with Crippen LogP contribution in [0.15, 0.2) is 48.5 Å². The number of thiazole rings is 1. The van der Waals surface area contributed by atoms with Crippen LogP contribution in [0.1, 0.15) is 15.4 Å². The largest absolute Gasteiger partial charge is 0.454 e. The van der Waals surface area contributed by atoms with Gasteiger partial charge in [0.2, 0.25) is 6.79 Å². The highest BCUT2D eigenvalue weighted by Gasteiger charge is 2.39. The molecular formula is C18H11F3N2O3S. The fourth-order valence-electron chi connectivity index (χ4n) is 2.53. The van der Waals surface area contributed by atoms with Crippen molar-refractivity contribution < 1.29 is 27.4 Å². The predicted octanol–water partition coefficient (Wildman–Crippen LogP) is 4.81. The molecule has 0 bridgehead atoms. The second-order valence-electron chi connectivity index (χ2n) is 5.58. The summed E-state index contributed by atoms with van der Waals surface area (Å²) < 4.78 is 50.5. The zero-order valence-corrected chi connectivity index (χ0v) is 14.4. The molecule has 0 unspecified atom stereocenters. The van der Waals surface area contributed by atoms with Gasteiger partial charge in [-0.3, -0.25) is 4.79 Å². The highest BCUT2D eigenvalue weighted by atomic mass is 32.1. The number of rotatable bonds is 3. The smallest absolute Gasteiger partial charge is 0.435 e. The van der Waals surface area contributed by atoms with Crippen molar-refractivity contribution in [2.24, 2.45) is 0 Å². The van der Waals surface area contributed by atoms with Gasteiger partial charge >= 0.3 is 6.18 Å². The van der Waals surface area contributed by atoms with E-state index in [9.17, 15) is 18.0 Å². The third kappa shape index (κ3) is 3.45. The van der Waals surface area contributed by atoms with Gasteiger partial charge in [-0.15, -0.1) is 11.3 Å². The first kappa shape index (κ1) is 17.3. The Hall–Kier alpha value is -3.07. The fraction of sp³-hybridized carbons (Fsp3) is 0.111. The van der Waals surface area contributed by atoms with Gasteiger partial charge in [-0.05, 0) is 12.1 Å². The number of benzene rings is 2. The topological polar surface area (TPSA) is 60.5 Å². The summed E-state index contributed by atoms with van der Waals surface area (Å²) in [4.78, 5) is 15.7. The number of ether oxygens (including phenoxy) is 2. The van der Waals surface area contributed by atoms with E-state index in [0.29, 0.717) is 34.1 Å². The Morgan fingerprint density at radius 3 is 2.56 bits per heavy atom. The first-order chi connectivity index (χ1) is 12.9. The lowest BCUT2D eigenvalue weighted by Gasteiger charge is -2.08. The van der Waals surface area contributed by atoms with E-state index in [4.69, 9.17) is 9.47 Å². The number of aromatic nitrogens is 1. The zero-order chi connectivity index (χ0) is 19.0. The van der Waals surface area contributed by atoms with Crippen molar-refractivity contribution in [3.8, 4) is 22.1 Å². The molecule has 0 spiro atoms. The van der Waals surface area contributed by atoms with Gasteiger partial charge in [0.05, 0.1) is 0 Å². The molecule has 2 aromatic carbocycles. The number of fused-ring (bicyclic) bond motifs is 1. The van der Waals surface area contributed by atoms with Crippen LogP contribution >= 0.6 is 11.3 Å². The second kappa shape index (κ2) is 6.58. The molecule has 0 saturated carbocycles. The lowest BCUT2D eigenvalue weighted by molar-refractivity contribution is -0.140. The van der Waals surface area contributed by atoms with Crippen molar-refractivity contribution in [1.29, 1.82) is 0 Å². The normalized spacial score (nSPS) is 12.9. The Morgan fingerprint density at radius 2 is 1.81 bits per heavy atom. The quantitative estimate of drug-likeness (QED) is 0.695. The number of hydrogen-bond donors (Lipinski definition) is 1. The molecule has 4 rings (SSSR count). The van der Waals surface area contributed by atoms with Crippen molar-refractivity contribution in [2.75, 3.05) is 12.1 Å². The third-order valence-corrected chi connectivity index (χ3v) is 4.86. The Kier molecular flexibility index (Phi) is 4.23. The summed E-state index contributed by atoms with van der Waals surface area (Å²) in [5, 5.41) is 2.58. The maximum atomic E-state index is 13.4. The molecule has 0 radical (unpaired) electrons. The summed E-state index contributed by atoms with van der Waals surface area (Å²) in [5.41, 5.74) is -0.397. The molecule has 1 aliphatic rings. The summed E-state index contributed by atoms with van der Waals surface area (Å²) in [5.74, 6) is 0.0344. The van der Waals surface area contributed by atoms with Gasteiger partial charge in [-0.25, -0.2) is 4.98 Å². The average Bonchev–Trinajstić information content (AvgIpc) is 3.29. The van der Waals surface area contributed by atoms with Crippen LogP contribution < -0.4 is 14.8 Å². The van der Waals surface area contributed by atoms with Crippen molar-refractivity contribution >= 4 is 22.9 Å². The van der Waals surface area contributed by atoms with Gasteiger partial charge in [-0.2, -0.15) is 13.2 Å². The molecule has 27 heavy (non-hydrogen) atoms. The standard InChI is InChI=1S/C18H11F3N2O3S/c19-18(20,21)15-14(27-17(23-15)10-4-2-1-3-5-10)16(24)22-11-6-7-12-13(8-11)26-9-25-12/h1-8H,9H2,(H,22,24). The van der Waals surface area contributed by atoms with E-state index in [1.807, 2.05) is 0 Å². The molecule has 0 atom stereocenters. The van der Waals surface area contributed by atoms with Crippen LogP contribution in [0.5, 0.6) is 11.5 Å². The van der Waals surface area contributed by atoms with Gasteiger partial charge in [0.25, 0.3) is 5.91 Å². The van der Waals surface area contributed by atoms with Gasteiger partial charge in [-0.1, -0.05) is 30.3 Å². The molecular weight excluding hydrogens is 381 g/mol. The number of halogens is 3. The highest BCUT2D eigenvalue weighted by molar-refractivity contribution is 7.17. The van der Waals surface area contributed by atoms with Crippen LogP contribution in [0.4, 0.5) is 18.9 Å². The molecule has 1 aromatic heterocycles. The van der Waals surface area contributed by atoms with Crippen LogP contribution in [-0.4, -0.2) is 17.7 Å². The minimum Gasteiger partial charge on any atom is -0.454 e. The second-order valence-corrected chi connectivity index (χ2v) is 6.58. The third-order valence-electron chi connectivity index (χ3n) is 3.75. The van der Waals surface area contributed by atoms with E-state index in [1.165, 1.54) is 12.1 Å². The monoisotopic (exact) mass is 392 g/mol. The fourth-order valence-corrected chi connectivity index (χ4v) is 3.52. The predicted molar refractivity (Wildman–Crippen MR) is 93.1 cm³/mol. The van der Waals surface area contributed by atoms with Crippen molar-refractivity contribution in [3.05, 3.63) is 59.1 Å². The average molecular weight is 392 g/mol. The molecule has 1 aliphatic heterocycles. The van der Waals surface area contributed by atoms with E-state index < -0.39 is 22.7 Å². The van der Waals surface area contributed by atoms with E-state index in [0.717, 1.165) is 0 Å². The Bertz CT molecular complexity index is 1000. The van der Waals surface area contributed by atoms with E-state index in [2.05, 4.69) is 10.3 Å². The van der Waals surface area contributed by atoms with Gasteiger partial charge in [0.15, 0.2) is 17.2 Å². The molecule has 5 nitrogen and oxygen atoms in total. The minimum atomic E-state index is -4.74. The molecule has 1 N–H and O–H groups in total. The van der Waals surface area contributed by atoms with Gasteiger partial charge in [0, 0.05) is 17.3 Å². The van der Waals surface area contributed by atoms with Gasteiger partial charge in [0.1, 0.15) is 9.88 Å². The SMILES string of the molecule is O=C(Nc1ccc2c(c1)OCO2)c1sc(-c2ccccc2)nc1C(F)(F)F. The number of carbonyl (C=O) groups is 1. The number of nitrogens with one attached hydrogen (secondary N) is 1. The zero-order valence-electron chi connectivity index (χ0n) is 13.5. The highest BCUT2D eigenvalue weighted by Crippen LogP contribution is 2.39. The minimum absolute atomic E-state index is 0.0558. The number of amides is 1. The summed E-state index contributed by atoms with van der Waals surface area (Å²) >= 11 is 0.693. The van der Waals surface area contributed by atoms with E-state index >= 15 is 0 Å². The summed E-state index contributed by atoms with van der Waals surface area (Å²) in [6.45, 7) is 0.0558. The van der Waals surface area contributed by atoms with E-state index in [1.54, 1.807) is 36.4 Å². The number of carbonyl (C=O) groups excluding carboxylic acids is 1. The molecule has 0 fully saturated rings. The van der Waals surface area contributed by atoms with Crippen LogP contribution in [0.3, 0.4) is 0 Å². The van der Waals surface area contributed by atoms with Gasteiger partial charge < -0.3 is 14.8 Å². The maximum absolute atomic E-state index is 13.4. The van der Waals surface area contributed by atoms with Crippen LogP contribution in [-0.2, 0) is 6.18 Å². The van der Waals surface area contributed by atoms with Crippen LogP contribution in [0.2, 0.25) is 0 Å². The van der Waals surface area contributed by atoms with Crippen LogP contribution in [0, 0.1) is 0 Å². The number of nitrogens with zero attached hydrogens (tertiary/aromatic N) is 1. The lowest BCUT2D eigenvalue weighted by Crippen LogP contribution is -2.17. The van der Waals surface area contributed by atoms with Crippen molar-refractivity contribution in [1.82, 2.24) is 4.98 Å². The number of hydrogen-bond acceptors (Lipinski definition) is 5. The van der Waals surface area contributed by atoms with E-state index in [-0.39, 0.29) is 11.8 Å². The molecule has 138 valence electrons. The molecule has 0 saturated heterocycles. The summed E-state index contributed by atoms with van der Waals surface area (Å²) in [6.07, 6.45) is -4.74. The maximum Gasteiger partial charge on any atom is 0.435 e. The lowest BCUT2D eigenvalue weighted by atomic mass is 10.2. The molecule has 9 heteroatoms. The molecule has 0 aliphatic carbocycles. The summed E-state index contributed by atoms with van der Waals surface area (Å²) in [7, 11) is 0. The number of anilines is 1. The van der Waals surface area contributed by atoms with Crippen molar-refractivity contribution in [3.63, 3.8) is 0 Å².